The van der Waals surface area contributed by atoms with Crippen LogP contribution in [-0.2, 0) is 9.36 Å². The zero-order valence-electron chi connectivity index (χ0n) is 8.30. The fourth-order valence-corrected chi connectivity index (χ4v) is 1.46. The van der Waals surface area contributed by atoms with Crippen LogP contribution >= 0.6 is 7.60 Å². The van der Waals surface area contributed by atoms with Gasteiger partial charge in [-0.3, -0.25) is 14.7 Å². The van der Waals surface area contributed by atoms with E-state index in [1.54, 1.807) is 0 Å². The summed E-state index contributed by atoms with van der Waals surface area (Å²) in [6, 6.07) is -0.678. The van der Waals surface area contributed by atoms with E-state index in [-0.39, 0.29) is 5.92 Å². The molecule has 14 heavy (non-hydrogen) atoms. The lowest BCUT2D eigenvalue weighted by molar-refractivity contribution is -0.120. The Morgan fingerprint density at radius 1 is 1.50 bits per heavy atom. The largest absolute Gasteiger partial charge is 0.368 e. The summed E-state index contributed by atoms with van der Waals surface area (Å²) < 4.78 is 10.5. The molecule has 0 bridgehead atoms. The number of primary amides is 1. The third-order valence-corrected chi connectivity index (χ3v) is 2.19. The number of nitrogens with two attached hydrogens (primary N) is 1. The quantitative estimate of drug-likeness (QED) is 0.459. The molecule has 7 heteroatoms. The summed E-state index contributed by atoms with van der Waals surface area (Å²) in [5, 5.41) is 2.45. The van der Waals surface area contributed by atoms with E-state index in [4.69, 9.17) is 15.5 Å². The number of carbonyl (C=O) groups excluding carboxylic acids is 1. The maximum absolute atomic E-state index is 10.9. The number of hydrogen-bond acceptors (Lipinski definition) is 3. The van der Waals surface area contributed by atoms with Gasteiger partial charge in [-0.15, -0.1) is 0 Å². The third-order valence-electron chi connectivity index (χ3n) is 1.59. The van der Waals surface area contributed by atoms with Gasteiger partial charge in [0.05, 0.1) is 12.3 Å². The maximum Gasteiger partial charge on any atom is 0.339 e. The molecule has 0 saturated carbocycles. The first-order valence-corrected chi connectivity index (χ1v) is 6.09. The van der Waals surface area contributed by atoms with Crippen molar-refractivity contribution in [1.29, 1.82) is 0 Å². The van der Waals surface area contributed by atoms with Crippen molar-refractivity contribution >= 4 is 13.5 Å². The van der Waals surface area contributed by atoms with Gasteiger partial charge in [0.1, 0.15) is 0 Å². The molecular weight excluding hydrogens is 207 g/mol. The van der Waals surface area contributed by atoms with Gasteiger partial charge in [-0.05, 0) is 12.3 Å². The second-order valence-corrected chi connectivity index (χ2v) is 5.26. The number of hydrogen-bond donors (Lipinski definition) is 4. The number of rotatable bonds is 6. The van der Waals surface area contributed by atoms with Gasteiger partial charge in [0, 0.05) is 0 Å². The van der Waals surface area contributed by atoms with Crippen LogP contribution in [-0.4, -0.2) is 28.0 Å². The van der Waals surface area contributed by atoms with E-state index >= 15 is 0 Å². The molecule has 0 radical (unpaired) electrons. The lowest BCUT2D eigenvalue weighted by Gasteiger charge is -2.17. The van der Waals surface area contributed by atoms with Gasteiger partial charge in [-0.2, -0.15) is 0 Å². The molecule has 0 spiro atoms. The predicted octanol–water partition coefficient (Wildman–Crippen LogP) is -0.389. The highest BCUT2D eigenvalue weighted by Gasteiger charge is 2.20. The van der Waals surface area contributed by atoms with E-state index in [1.165, 1.54) is 0 Å². The zero-order chi connectivity index (χ0) is 11.4. The van der Waals surface area contributed by atoms with Crippen molar-refractivity contribution in [1.82, 2.24) is 5.32 Å². The Labute approximate surface area is 83.0 Å². The smallest absolute Gasteiger partial charge is 0.339 e. The molecule has 0 aliphatic carbocycles. The van der Waals surface area contributed by atoms with Gasteiger partial charge in [-0.25, -0.2) is 0 Å². The van der Waals surface area contributed by atoms with Crippen LogP contribution in [0.5, 0.6) is 0 Å². The minimum Gasteiger partial charge on any atom is -0.368 e. The summed E-state index contributed by atoms with van der Waals surface area (Å²) in [4.78, 5) is 28.0. The van der Waals surface area contributed by atoms with E-state index in [0.717, 1.165) is 0 Å². The van der Waals surface area contributed by atoms with Crippen LogP contribution in [0.3, 0.4) is 0 Å². The standard InChI is InChI=1S/C7H17N2O4P/c1-5(2)3-6(7(8)10)9-4-14(11,12)13/h5-6,9H,3-4H2,1-2H3,(H2,8,10)(H2,11,12,13)/t6-/m0/s1. The first-order valence-electron chi connectivity index (χ1n) is 4.29. The van der Waals surface area contributed by atoms with Crippen LogP contribution in [0.15, 0.2) is 0 Å². The average molecular weight is 224 g/mol. The van der Waals surface area contributed by atoms with E-state index in [2.05, 4.69) is 5.32 Å². The predicted molar refractivity (Wildman–Crippen MR) is 52.5 cm³/mol. The Morgan fingerprint density at radius 3 is 2.29 bits per heavy atom. The van der Waals surface area contributed by atoms with Crippen molar-refractivity contribution in [2.45, 2.75) is 26.3 Å². The van der Waals surface area contributed by atoms with E-state index in [0.29, 0.717) is 6.42 Å². The van der Waals surface area contributed by atoms with Crippen LogP contribution in [0.1, 0.15) is 20.3 Å². The maximum atomic E-state index is 10.9. The van der Waals surface area contributed by atoms with Crippen molar-refractivity contribution in [3.63, 3.8) is 0 Å². The molecule has 0 unspecified atom stereocenters. The van der Waals surface area contributed by atoms with Crippen LogP contribution < -0.4 is 11.1 Å². The lowest BCUT2D eigenvalue weighted by atomic mass is 10.0. The molecule has 0 heterocycles. The van der Waals surface area contributed by atoms with E-state index in [9.17, 15) is 9.36 Å². The molecule has 1 amide bonds. The van der Waals surface area contributed by atoms with Gasteiger partial charge in [0.15, 0.2) is 0 Å². The Bertz CT molecular complexity index is 238. The first-order chi connectivity index (χ1) is 6.22. The molecule has 0 aliphatic heterocycles. The van der Waals surface area contributed by atoms with Gasteiger partial charge < -0.3 is 15.5 Å². The monoisotopic (exact) mass is 224 g/mol. The second kappa shape index (κ2) is 5.46. The fourth-order valence-electron chi connectivity index (χ4n) is 1.00. The third kappa shape index (κ3) is 7.03. The van der Waals surface area contributed by atoms with E-state index in [1.807, 2.05) is 13.8 Å². The number of amides is 1. The molecule has 0 aromatic rings. The molecule has 5 N–H and O–H groups in total. The van der Waals surface area contributed by atoms with Gasteiger partial charge in [-0.1, -0.05) is 13.8 Å². The molecule has 0 aliphatic rings. The Hall–Kier alpha value is -0.420. The molecule has 0 aromatic carbocycles. The zero-order valence-corrected chi connectivity index (χ0v) is 9.20. The van der Waals surface area contributed by atoms with Gasteiger partial charge >= 0.3 is 7.60 Å². The molecule has 0 rings (SSSR count). The van der Waals surface area contributed by atoms with Crippen molar-refractivity contribution in [2.75, 3.05) is 6.29 Å². The van der Waals surface area contributed by atoms with Crippen LogP contribution in [0, 0.1) is 5.92 Å². The summed E-state index contributed by atoms with van der Waals surface area (Å²) in [6.45, 7) is 3.80. The summed E-state index contributed by atoms with van der Waals surface area (Å²) in [5.74, 6) is -0.357. The molecule has 0 saturated heterocycles. The number of carbonyl (C=O) groups is 1. The normalized spacial score (nSPS) is 14.4. The van der Waals surface area contributed by atoms with Crippen LogP contribution in [0.4, 0.5) is 0 Å². The summed E-state index contributed by atoms with van der Waals surface area (Å²) in [7, 11) is -4.12. The van der Waals surface area contributed by atoms with Crippen molar-refractivity contribution in [2.24, 2.45) is 11.7 Å². The molecule has 6 nitrogen and oxygen atoms in total. The molecule has 1 atom stereocenters. The van der Waals surface area contributed by atoms with Crippen molar-refractivity contribution in [3.05, 3.63) is 0 Å². The van der Waals surface area contributed by atoms with Crippen molar-refractivity contribution < 1.29 is 19.1 Å². The highest BCUT2D eigenvalue weighted by Crippen LogP contribution is 2.32. The molecule has 0 aromatic heterocycles. The Balaban J connectivity index is 4.11. The first kappa shape index (κ1) is 13.6. The fraction of sp³-hybridized carbons (Fsp3) is 0.857. The second-order valence-electron chi connectivity index (χ2n) is 3.61. The van der Waals surface area contributed by atoms with Gasteiger partial charge in [0.2, 0.25) is 5.91 Å². The topological polar surface area (TPSA) is 113 Å². The highest BCUT2D eigenvalue weighted by atomic mass is 31.2. The number of nitrogens with one attached hydrogen (secondary N) is 1. The van der Waals surface area contributed by atoms with Crippen LogP contribution in [0.2, 0.25) is 0 Å². The summed E-state index contributed by atoms with van der Waals surface area (Å²) in [6.07, 6.45) is -0.0529. The lowest BCUT2D eigenvalue weighted by Crippen LogP contribution is -2.42. The molecular formula is C7H17N2O4P. The average Bonchev–Trinajstić information content (AvgIpc) is 1.94. The van der Waals surface area contributed by atoms with E-state index < -0.39 is 25.8 Å². The van der Waals surface area contributed by atoms with Gasteiger partial charge in [0.25, 0.3) is 0 Å². The summed E-state index contributed by atoms with van der Waals surface area (Å²) >= 11 is 0. The molecule has 0 fully saturated rings. The highest BCUT2D eigenvalue weighted by molar-refractivity contribution is 7.51. The molecule has 84 valence electrons. The Morgan fingerprint density at radius 2 is 2.00 bits per heavy atom. The minimum absolute atomic E-state index is 0.233. The SMILES string of the molecule is CC(C)C[C@H](NCP(=O)(O)O)C(N)=O. The van der Waals surface area contributed by atoms with Crippen LogP contribution in [0.25, 0.3) is 0 Å². The minimum atomic E-state index is -4.12. The summed E-state index contributed by atoms with van der Waals surface area (Å²) in [5.41, 5.74) is 5.06. The Kier molecular flexibility index (Phi) is 5.29. The van der Waals surface area contributed by atoms with Crippen molar-refractivity contribution in [3.8, 4) is 0 Å².